The molecule has 0 saturated carbocycles. The highest BCUT2D eigenvalue weighted by atomic mass is 16.5. The topological polar surface area (TPSA) is 30.5 Å². The van der Waals surface area contributed by atoms with Gasteiger partial charge >= 0.3 is 0 Å². The molecule has 0 aliphatic carbocycles. The zero-order valence-corrected chi connectivity index (χ0v) is 10.3. The molecule has 0 heterocycles. The van der Waals surface area contributed by atoms with Gasteiger partial charge in [-0.3, -0.25) is 0 Å². The Labute approximate surface area is 97.8 Å². The molecule has 1 rings (SSSR count). The second-order valence-corrected chi connectivity index (χ2v) is 3.93. The van der Waals surface area contributed by atoms with E-state index in [9.17, 15) is 0 Å². The Morgan fingerprint density at radius 1 is 1.19 bits per heavy atom. The lowest BCUT2D eigenvalue weighted by Crippen LogP contribution is -2.31. The van der Waals surface area contributed by atoms with Gasteiger partial charge in [0.15, 0.2) is 0 Å². The number of methoxy groups -OCH3 is 2. The number of aryl methyl sites for hydroxylation is 1. The summed E-state index contributed by atoms with van der Waals surface area (Å²) in [6, 6.07) is 8.53. The second-order valence-electron chi connectivity index (χ2n) is 3.93. The van der Waals surface area contributed by atoms with E-state index in [4.69, 9.17) is 9.47 Å². The predicted octanol–water partition coefficient (Wildman–Crippen LogP) is 1.75. The number of hydrogen-bond acceptors (Lipinski definition) is 3. The van der Waals surface area contributed by atoms with Crippen molar-refractivity contribution in [2.75, 3.05) is 27.4 Å². The average molecular weight is 223 g/mol. The van der Waals surface area contributed by atoms with E-state index in [0.29, 0.717) is 6.61 Å². The molecule has 0 aliphatic rings. The van der Waals surface area contributed by atoms with Gasteiger partial charge in [-0.25, -0.2) is 0 Å². The second kappa shape index (κ2) is 7.39. The third kappa shape index (κ3) is 4.75. The lowest BCUT2D eigenvalue weighted by atomic mass is 10.1. The highest BCUT2D eigenvalue weighted by Gasteiger charge is 2.05. The molecule has 1 aromatic carbocycles. The molecule has 1 N–H and O–H groups in total. The van der Waals surface area contributed by atoms with Gasteiger partial charge in [0.05, 0.1) is 12.7 Å². The summed E-state index contributed by atoms with van der Waals surface area (Å²) >= 11 is 0. The molecule has 3 nitrogen and oxygen atoms in total. The lowest BCUT2D eigenvalue weighted by Gasteiger charge is -2.15. The van der Waals surface area contributed by atoms with Crippen LogP contribution in [0, 0.1) is 6.92 Å². The molecule has 0 amide bonds. The minimum absolute atomic E-state index is 0.121. The van der Waals surface area contributed by atoms with Crippen LogP contribution in [0.2, 0.25) is 0 Å². The summed E-state index contributed by atoms with van der Waals surface area (Å²) in [7, 11) is 3.39. The van der Waals surface area contributed by atoms with Crippen LogP contribution in [0.25, 0.3) is 0 Å². The third-order valence-corrected chi connectivity index (χ3v) is 2.51. The molecule has 0 aliphatic heterocycles. The maximum atomic E-state index is 5.26. The Hall–Kier alpha value is -0.900. The molecule has 0 fully saturated rings. The van der Waals surface area contributed by atoms with Crippen LogP contribution >= 0.6 is 0 Å². The number of benzene rings is 1. The van der Waals surface area contributed by atoms with Gasteiger partial charge in [0.25, 0.3) is 0 Å². The summed E-state index contributed by atoms with van der Waals surface area (Å²) in [5.41, 5.74) is 2.58. The van der Waals surface area contributed by atoms with Crippen molar-refractivity contribution in [2.24, 2.45) is 0 Å². The lowest BCUT2D eigenvalue weighted by molar-refractivity contribution is 0.0288. The molecule has 3 heteroatoms. The molecule has 0 radical (unpaired) electrons. The van der Waals surface area contributed by atoms with Crippen LogP contribution in [0.1, 0.15) is 11.1 Å². The van der Waals surface area contributed by atoms with Crippen molar-refractivity contribution >= 4 is 0 Å². The quantitative estimate of drug-likeness (QED) is 0.764. The number of nitrogens with one attached hydrogen (secondary N) is 1. The largest absolute Gasteiger partial charge is 0.382 e. The highest BCUT2D eigenvalue weighted by Crippen LogP contribution is 2.02. The zero-order chi connectivity index (χ0) is 11.8. The maximum absolute atomic E-state index is 5.26. The molecule has 0 saturated heterocycles. The van der Waals surface area contributed by atoms with Crippen LogP contribution in [0.3, 0.4) is 0 Å². The van der Waals surface area contributed by atoms with Crippen molar-refractivity contribution in [2.45, 2.75) is 19.6 Å². The first-order valence-corrected chi connectivity index (χ1v) is 5.54. The van der Waals surface area contributed by atoms with Crippen LogP contribution in [-0.4, -0.2) is 33.5 Å². The van der Waals surface area contributed by atoms with E-state index in [2.05, 4.69) is 36.5 Å². The van der Waals surface area contributed by atoms with Gasteiger partial charge in [0.2, 0.25) is 0 Å². The zero-order valence-electron chi connectivity index (χ0n) is 10.3. The van der Waals surface area contributed by atoms with Gasteiger partial charge in [-0.1, -0.05) is 29.8 Å². The van der Waals surface area contributed by atoms with Crippen LogP contribution < -0.4 is 5.32 Å². The van der Waals surface area contributed by atoms with E-state index in [1.807, 2.05) is 0 Å². The van der Waals surface area contributed by atoms with E-state index in [0.717, 1.165) is 13.1 Å². The molecule has 0 spiro atoms. The number of ether oxygens (including phenoxy) is 2. The van der Waals surface area contributed by atoms with E-state index >= 15 is 0 Å². The Kier molecular flexibility index (Phi) is 6.08. The third-order valence-electron chi connectivity index (χ3n) is 2.51. The van der Waals surface area contributed by atoms with Gasteiger partial charge in [0.1, 0.15) is 0 Å². The van der Waals surface area contributed by atoms with Crippen LogP contribution in [0.5, 0.6) is 0 Å². The maximum Gasteiger partial charge on any atom is 0.0928 e. The Bertz CT molecular complexity index is 284. The Balaban J connectivity index is 2.26. The van der Waals surface area contributed by atoms with Gasteiger partial charge in [0, 0.05) is 27.3 Å². The smallest absolute Gasteiger partial charge is 0.0928 e. The summed E-state index contributed by atoms with van der Waals surface area (Å²) in [5, 5.41) is 3.35. The molecule has 1 unspecified atom stereocenters. The normalized spacial score (nSPS) is 12.7. The SMILES string of the molecule is COCC(CNCc1ccc(C)cc1)OC. The Morgan fingerprint density at radius 3 is 2.44 bits per heavy atom. The van der Waals surface area contributed by atoms with Crippen molar-refractivity contribution in [3.05, 3.63) is 35.4 Å². The summed E-state index contributed by atoms with van der Waals surface area (Å²) < 4.78 is 10.3. The molecule has 0 bridgehead atoms. The average Bonchev–Trinajstić information content (AvgIpc) is 2.30. The Morgan fingerprint density at radius 2 is 1.88 bits per heavy atom. The number of rotatable bonds is 7. The van der Waals surface area contributed by atoms with E-state index in [1.165, 1.54) is 11.1 Å². The van der Waals surface area contributed by atoms with E-state index < -0.39 is 0 Å². The standard InChI is InChI=1S/C13H21NO2/c1-11-4-6-12(7-5-11)8-14-9-13(16-3)10-15-2/h4-7,13-14H,8-10H2,1-3H3. The van der Waals surface area contributed by atoms with Crippen molar-refractivity contribution in [1.29, 1.82) is 0 Å². The molecule has 16 heavy (non-hydrogen) atoms. The highest BCUT2D eigenvalue weighted by molar-refractivity contribution is 5.21. The monoisotopic (exact) mass is 223 g/mol. The first-order chi connectivity index (χ1) is 7.76. The van der Waals surface area contributed by atoms with Crippen LogP contribution in [-0.2, 0) is 16.0 Å². The molecule has 0 aromatic heterocycles. The summed E-state index contributed by atoms with van der Waals surface area (Å²) in [5.74, 6) is 0. The van der Waals surface area contributed by atoms with Crippen molar-refractivity contribution < 1.29 is 9.47 Å². The molecule has 90 valence electrons. The predicted molar refractivity (Wildman–Crippen MR) is 65.6 cm³/mol. The van der Waals surface area contributed by atoms with Crippen molar-refractivity contribution in [3.8, 4) is 0 Å². The van der Waals surface area contributed by atoms with Crippen molar-refractivity contribution in [1.82, 2.24) is 5.32 Å². The van der Waals surface area contributed by atoms with Gasteiger partial charge in [-0.15, -0.1) is 0 Å². The van der Waals surface area contributed by atoms with E-state index in [1.54, 1.807) is 14.2 Å². The van der Waals surface area contributed by atoms with E-state index in [-0.39, 0.29) is 6.10 Å². The fourth-order valence-corrected chi connectivity index (χ4v) is 1.48. The first kappa shape index (κ1) is 13.2. The van der Waals surface area contributed by atoms with Crippen LogP contribution in [0.15, 0.2) is 24.3 Å². The molecular weight excluding hydrogens is 202 g/mol. The summed E-state index contributed by atoms with van der Waals surface area (Å²) in [4.78, 5) is 0. The minimum Gasteiger partial charge on any atom is -0.382 e. The van der Waals surface area contributed by atoms with Gasteiger partial charge < -0.3 is 14.8 Å². The summed E-state index contributed by atoms with van der Waals surface area (Å²) in [6.07, 6.45) is 0.121. The number of hydrogen-bond donors (Lipinski definition) is 1. The fourth-order valence-electron chi connectivity index (χ4n) is 1.48. The van der Waals surface area contributed by atoms with Crippen LogP contribution in [0.4, 0.5) is 0 Å². The van der Waals surface area contributed by atoms with Gasteiger partial charge in [-0.2, -0.15) is 0 Å². The first-order valence-electron chi connectivity index (χ1n) is 5.54. The van der Waals surface area contributed by atoms with Gasteiger partial charge in [-0.05, 0) is 12.5 Å². The fraction of sp³-hybridized carbons (Fsp3) is 0.538. The molecular formula is C13H21NO2. The summed E-state index contributed by atoms with van der Waals surface area (Å²) in [6.45, 7) is 4.39. The molecule has 1 atom stereocenters. The van der Waals surface area contributed by atoms with Crippen molar-refractivity contribution in [3.63, 3.8) is 0 Å². The minimum atomic E-state index is 0.121. The molecule has 1 aromatic rings.